The summed E-state index contributed by atoms with van der Waals surface area (Å²) in [6, 6.07) is 8.97. The Balaban J connectivity index is 1.95. The van der Waals surface area contributed by atoms with Crippen molar-refractivity contribution in [2.75, 3.05) is 19.7 Å². The Morgan fingerprint density at radius 2 is 2.00 bits per heavy atom. The van der Waals surface area contributed by atoms with E-state index in [4.69, 9.17) is 0 Å². The standard InChI is InChI=1S/C21H26FN3O3/c1-13-16(17(27)24-19(23-13)20(2,3)4)18(28)25-10-15(21(22,11-25)12-26)14-8-6-5-7-9-14/h5-9,15,26H,10-12H2,1-4H3,(H,23,24,27). The third-order valence-corrected chi connectivity index (χ3v) is 5.26. The molecule has 2 aromatic rings. The highest BCUT2D eigenvalue weighted by Gasteiger charge is 2.49. The number of likely N-dealkylation sites (tertiary alicyclic amines) is 1. The summed E-state index contributed by atoms with van der Waals surface area (Å²) >= 11 is 0. The minimum absolute atomic E-state index is 0.0815. The number of aromatic amines is 1. The van der Waals surface area contributed by atoms with Gasteiger partial charge >= 0.3 is 0 Å². The second-order valence-corrected chi connectivity index (χ2v) is 8.47. The molecule has 2 unspecified atom stereocenters. The van der Waals surface area contributed by atoms with E-state index in [1.807, 2.05) is 26.8 Å². The first kappa shape index (κ1) is 20.2. The van der Waals surface area contributed by atoms with Gasteiger partial charge in [-0.05, 0) is 12.5 Å². The van der Waals surface area contributed by atoms with Crippen LogP contribution in [-0.4, -0.2) is 51.2 Å². The lowest BCUT2D eigenvalue weighted by molar-refractivity contribution is 0.0574. The Bertz CT molecular complexity index is 936. The topological polar surface area (TPSA) is 86.3 Å². The van der Waals surface area contributed by atoms with Gasteiger partial charge in [0.25, 0.3) is 11.5 Å². The maximum Gasteiger partial charge on any atom is 0.264 e. The smallest absolute Gasteiger partial charge is 0.264 e. The number of rotatable bonds is 3. The van der Waals surface area contributed by atoms with Crippen LogP contribution in [0, 0.1) is 6.92 Å². The van der Waals surface area contributed by atoms with Crippen LogP contribution in [0.15, 0.2) is 35.1 Å². The highest BCUT2D eigenvalue weighted by atomic mass is 19.1. The molecule has 1 fully saturated rings. The summed E-state index contributed by atoms with van der Waals surface area (Å²) in [6.45, 7) is 6.45. The number of aromatic nitrogens is 2. The van der Waals surface area contributed by atoms with Gasteiger partial charge in [0, 0.05) is 17.9 Å². The Morgan fingerprint density at radius 1 is 1.36 bits per heavy atom. The molecule has 6 nitrogen and oxygen atoms in total. The summed E-state index contributed by atoms with van der Waals surface area (Å²) < 4.78 is 15.4. The number of hydrogen-bond donors (Lipinski definition) is 2. The van der Waals surface area contributed by atoms with Crippen LogP contribution >= 0.6 is 0 Å². The third kappa shape index (κ3) is 3.58. The average Bonchev–Trinajstić information content (AvgIpc) is 2.99. The van der Waals surface area contributed by atoms with E-state index in [0.29, 0.717) is 17.1 Å². The fourth-order valence-electron chi connectivity index (χ4n) is 3.63. The number of aliphatic hydroxyl groups is 1. The van der Waals surface area contributed by atoms with Crippen LogP contribution in [0.5, 0.6) is 0 Å². The largest absolute Gasteiger partial charge is 0.393 e. The van der Waals surface area contributed by atoms with E-state index in [9.17, 15) is 14.7 Å². The number of carbonyl (C=O) groups is 1. The number of benzene rings is 1. The molecule has 2 N–H and O–H groups in total. The van der Waals surface area contributed by atoms with Gasteiger partial charge in [-0.15, -0.1) is 0 Å². The van der Waals surface area contributed by atoms with Gasteiger partial charge in [-0.2, -0.15) is 0 Å². The Morgan fingerprint density at radius 3 is 2.54 bits per heavy atom. The predicted molar refractivity (Wildman–Crippen MR) is 104 cm³/mol. The van der Waals surface area contributed by atoms with Crippen molar-refractivity contribution >= 4 is 5.91 Å². The average molecular weight is 387 g/mol. The Labute approximate surface area is 163 Å². The number of nitrogens with zero attached hydrogens (tertiary/aromatic N) is 2. The van der Waals surface area contributed by atoms with Gasteiger partial charge in [0.05, 0.1) is 18.8 Å². The van der Waals surface area contributed by atoms with Gasteiger partial charge in [-0.25, -0.2) is 9.37 Å². The molecule has 7 heteroatoms. The summed E-state index contributed by atoms with van der Waals surface area (Å²) in [5.41, 5.74) is -1.92. The highest BCUT2D eigenvalue weighted by molar-refractivity contribution is 5.95. The van der Waals surface area contributed by atoms with Gasteiger partial charge in [0.2, 0.25) is 0 Å². The number of carbonyl (C=O) groups excluding carboxylic acids is 1. The fraction of sp³-hybridized carbons (Fsp3) is 0.476. The number of hydrogen-bond acceptors (Lipinski definition) is 4. The van der Waals surface area contributed by atoms with Crippen LogP contribution < -0.4 is 5.56 Å². The first-order chi connectivity index (χ1) is 13.1. The summed E-state index contributed by atoms with van der Waals surface area (Å²) in [5, 5.41) is 9.67. The summed E-state index contributed by atoms with van der Waals surface area (Å²) in [4.78, 5) is 34.0. The molecule has 1 aromatic heterocycles. The second kappa shape index (κ2) is 7.13. The van der Waals surface area contributed by atoms with Crippen LogP contribution in [0.4, 0.5) is 4.39 Å². The molecule has 1 amide bonds. The van der Waals surface area contributed by atoms with Crippen molar-refractivity contribution in [2.24, 2.45) is 0 Å². The van der Waals surface area contributed by atoms with Crippen LogP contribution in [0.25, 0.3) is 0 Å². The van der Waals surface area contributed by atoms with E-state index >= 15 is 4.39 Å². The summed E-state index contributed by atoms with van der Waals surface area (Å²) in [7, 11) is 0. The van der Waals surface area contributed by atoms with Crippen molar-refractivity contribution in [3.8, 4) is 0 Å². The lowest BCUT2D eigenvalue weighted by Gasteiger charge is -2.23. The summed E-state index contributed by atoms with van der Waals surface area (Å²) in [5.74, 6) is -0.741. The molecule has 1 aliphatic rings. The van der Waals surface area contributed by atoms with E-state index in [-0.39, 0.29) is 24.1 Å². The molecule has 0 saturated carbocycles. The molecule has 2 atom stereocenters. The molecule has 1 aromatic carbocycles. The molecular formula is C21H26FN3O3. The van der Waals surface area contributed by atoms with Crippen LogP contribution in [0.3, 0.4) is 0 Å². The molecule has 1 aliphatic heterocycles. The van der Waals surface area contributed by atoms with Gasteiger partial charge in [0.15, 0.2) is 5.67 Å². The molecule has 3 rings (SSSR count). The number of amides is 1. The Hall–Kier alpha value is -2.54. The van der Waals surface area contributed by atoms with E-state index in [1.54, 1.807) is 31.2 Å². The van der Waals surface area contributed by atoms with Gasteiger partial charge < -0.3 is 15.0 Å². The van der Waals surface area contributed by atoms with Crippen molar-refractivity contribution in [3.63, 3.8) is 0 Å². The maximum atomic E-state index is 15.4. The normalized spacial score (nSPS) is 22.5. The minimum atomic E-state index is -1.96. The molecule has 0 aliphatic carbocycles. The monoisotopic (exact) mass is 387 g/mol. The van der Waals surface area contributed by atoms with E-state index in [2.05, 4.69) is 9.97 Å². The predicted octanol–water partition coefficient (Wildman–Crippen LogP) is 2.32. The number of aryl methyl sites for hydroxylation is 1. The Kier molecular flexibility index (Phi) is 5.14. The fourth-order valence-corrected chi connectivity index (χ4v) is 3.63. The molecule has 0 bridgehead atoms. The van der Waals surface area contributed by atoms with Gasteiger partial charge in [0.1, 0.15) is 11.4 Å². The van der Waals surface area contributed by atoms with E-state index in [1.165, 1.54) is 4.90 Å². The zero-order valence-corrected chi connectivity index (χ0v) is 16.6. The number of aliphatic hydroxyl groups excluding tert-OH is 1. The molecule has 150 valence electrons. The first-order valence-electron chi connectivity index (χ1n) is 9.32. The third-order valence-electron chi connectivity index (χ3n) is 5.26. The molecule has 2 heterocycles. The molecular weight excluding hydrogens is 361 g/mol. The van der Waals surface area contributed by atoms with Gasteiger partial charge in [-0.3, -0.25) is 9.59 Å². The second-order valence-electron chi connectivity index (χ2n) is 8.47. The summed E-state index contributed by atoms with van der Waals surface area (Å²) in [6.07, 6.45) is 0. The number of nitrogens with one attached hydrogen (secondary N) is 1. The zero-order chi connectivity index (χ0) is 20.7. The SMILES string of the molecule is Cc1nc(C(C)(C)C)[nH]c(=O)c1C(=O)N1CC(c2ccccc2)C(F)(CO)C1. The van der Waals surface area contributed by atoms with E-state index in [0.717, 1.165) is 0 Å². The highest BCUT2D eigenvalue weighted by Crippen LogP contribution is 2.39. The van der Waals surface area contributed by atoms with Crippen LogP contribution in [-0.2, 0) is 5.41 Å². The zero-order valence-electron chi connectivity index (χ0n) is 16.6. The molecule has 0 spiro atoms. The van der Waals surface area contributed by atoms with Crippen molar-refractivity contribution in [1.82, 2.24) is 14.9 Å². The lowest BCUT2D eigenvalue weighted by Crippen LogP contribution is -2.39. The number of halogens is 1. The van der Waals surface area contributed by atoms with Crippen molar-refractivity contribution in [3.05, 3.63) is 63.3 Å². The molecule has 1 saturated heterocycles. The van der Waals surface area contributed by atoms with Crippen LogP contribution in [0.2, 0.25) is 0 Å². The number of H-pyrrole nitrogens is 1. The lowest BCUT2D eigenvalue weighted by atomic mass is 9.87. The van der Waals surface area contributed by atoms with Crippen molar-refractivity contribution < 1.29 is 14.3 Å². The first-order valence-corrected chi connectivity index (χ1v) is 9.32. The number of alkyl halides is 1. The van der Waals surface area contributed by atoms with Crippen molar-refractivity contribution in [2.45, 2.75) is 44.7 Å². The van der Waals surface area contributed by atoms with Crippen molar-refractivity contribution in [1.29, 1.82) is 0 Å². The maximum absolute atomic E-state index is 15.4. The van der Waals surface area contributed by atoms with E-state index < -0.39 is 29.7 Å². The van der Waals surface area contributed by atoms with Gasteiger partial charge in [-0.1, -0.05) is 51.1 Å². The minimum Gasteiger partial charge on any atom is -0.393 e. The quantitative estimate of drug-likeness (QED) is 0.846. The van der Waals surface area contributed by atoms with Crippen LogP contribution in [0.1, 0.15) is 54.1 Å². The molecule has 0 radical (unpaired) electrons. The molecule has 28 heavy (non-hydrogen) atoms.